The average Bonchev–Trinajstić information content (AvgIpc) is 3.69. The lowest BCUT2D eigenvalue weighted by Gasteiger charge is -2.42. The van der Waals surface area contributed by atoms with Crippen LogP contribution in [0.2, 0.25) is 0 Å². The van der Waals surface area contributed by atoms with Gasteiger partial charge < -0.3 is 19.6 Å². The Morgan fingerprint density at radius 3 is 2.40 bits per heavy atom. The first-order valence-electron chi connectivity index (χ1n) is 14.8. The molecule has 0 saturated carbocycles. The minimum atomic E-state index is -0.682. The zero-order chi connectivity index (χ0) is 28.1. The lowest BCUT2D eigenvalue weighted by Crippen LogP contribution is -2.45. The number of nitrogens with zero attached hydrogens (tertiary/aromatic N) is 6. The van der Waals surface area contributed by atoms with Crippen LogP contribution in [0.1, 0.15) is 68.7 Å². The average molecular weight is 548 g/mol. The van der Waals surface area contributed by atoms with Crippen LogP contribution >= 0.6 is 0 Å². The van der Waals surface area contributed by atoms with Crippen LogP contribution in [-0.2, 0) is 38.0 Å². The van der Waals surface area contributed by atoms with E-state index >= 15 is 0 Å². The van der Waals surface area contributed by atoms with E-state index in [2.05, 4.69) is 72.3 Å². The summed E-state index contributed by atoms with van der Waals surface area (Å²) in [6.07, 6.45) is 12.8. The van der Waals surface area contributed by atoms with Gasteiger partial charge in [-0.3, -0.25) is 14.6 Å². The van der Waals surface area contributed by atoms with Gasteiger partial charge in [0, 0.05) is 57.5 Å². The molecular formula is C31H45N7O2. The topological polar surface area (TPSA) is 93.5 Å². The number of nitrogens with one attached hydrogen (secondary N) is 1. The molecular weight excluding hydrogens is 502 g/mol. The third-order valence-electron chi connectivity index (χ3n) is 9.24. The van der Waals surface area contributed by atoms with Gasteiger partial charge in [-0.2, -0.15) is 0 Å². The van der Waals surface area contributed by atoms with E-state index in [1.807, 2.05) is 25.6 Å². The first kappa shape index (κ1) is 28.5. The number of carboxylic acids is 1. The van der Waals surface area contributed by atoms with Gasteiger partial charge in [-0.15, -0.1) is 0 Å². The van der Waals surface area contributed by atoms with Crippen molar-refractivity contribution in [2.75, 3.05) is 19.6 Å². The molecule has 0 bridgehead atoms. The zero-order valence-corrected chi connectivity index (χ0v) is 24.3. The third-order valence-corrected chi connectivity index (χ3v) is 9.24. The first-order valence-corrected chi connectivity index (χ1v) is 14.8. The highest BCUT2D eigenvalue weighted by Gasteiger charge is 2.48. The Labute approximate surface area is 238 Å². The second-order valence-electron chi connectivity index (χ2n) is 11.9. The fourth-order valence-electron chi connectivity index (χ4n) is 6.84. The lowest BCUT2D eigenvalue weighted by atomic mass is 9.76. The van der Waals surface area contributed by atoms with Gasteiger partial charge in [0.25, 0.3) is 0 Å². The maximum absolute atomic E-state index is 12.3. The van der Waals surface area contributed by atoms with Gasteiger partial charge in [0.05, 0.1) is 13.1 Å². The summed E-state index contributed by atoms with van der Waals surface area (Å²) in [7, 11) is 2.02. The van der Waals surface area contributed by atoms with Crippen molar-refractivity contribution in [1.82, 2.24) is 34.2 Å². The van der Waals surface area contributed by atoms with Crippen molar-refractivity contribution >= 4 is 5.97 Å². The molecule has 1 atom stereocenters. The summed E-state index contributed by atoms with van der Waals surface area (Å²) in [5.41, 5.74) is 2.51. The number of piperidine rings is 1. The van der Waals surface area contributed by atoms with Crippen LogP contribution in [0, 0.1) is 5.41 Å². The van der Waals surface area contributed by atoms with E-state index in [1.54, 1.807) is 6.20 Å². The number of hydrogen-bond donors (Lipinski definition) is 2. The summed E-state index contributed by atoms with van der Waals surface area (Å²) < 4.78 is 2.05. The van der Waals surface area contributed by atoms with E-state index in [1.165, 1.54) is 24.0 Å². The number of benzene rings is 1. The van der Waals surface area contributed by atoms with E-state index in [0.29, 0.717) is 19.1 Å². The number of H-pyrrole nitrogens is 1. The summed E-state index contributed by atoms with van der Waals surface area (Å²) in [6.45, 7) is 10.5. The number of likely N-dealkylation sites (tertiary alicyclic amines) is 2. The molecule has 1 spiro atoms. The van der Waals surface area contributed by atoms with Crippen LogP contribution < -0.4 is 0 Å². The number of rotatable bonds is 12. The van der Waals surface area contributed by atoms with Gasteiger partial charge in [-0.05, 0) is 61.7 Å². The Balaban J connectivity index is 1.22. The molecule has 2 N–H and O–H groups in total. The van der Waals surface area contributed by atoms with E-state index in [9.17, 15) is 9.90 Å². The lowest BCUT2D eigenvalue weighted by molar-refractivity contribution is -0.142. The Hall–Kier alpha value is -3.01. The molecule has 1 aromatic carbocycles. The summed E-state index contributed by atoms with van der Waals surface area (Å²) in [5, 5.41) is 10.1. The van der Waals surface area contributed by atoms with Crippen LogP contribution in [0.4, 0.5) is 0 Å². The van der Waals surface area contributed by atoms with Gasteiger partial charge in [-0.25, -0.2) is 9.97 Å². The molecule has 40 heavy (non-hydrogen) atoms. The maximum atomic E-state index is 12.3. The van der Waals surface area contributed by atoms with Crippen molar-refractivity contribution in [3.63, 3.8) is 0 Å². The second kappa shape index (κ2) is 12.7. The Bertz CT molecular complexity index is 1210. The molecule has 2 aliphatic heterocycles. The van der Waals surface area contributed by atoms with E-state index in [0.717, 1.165) is 63.6 Å². The number of carbonyl (C=O) groups is 1. The fraction of sp³-hybridized carbons (Fsp3) is 0.581. The monoisotopic (exact) mass is 547 g/mol. The van der Waals surface area contributed by atoms with Crippen LogP contribution in [0.25, 0.3) is 0 Å². The Morgan fingerprint density at radius 2 is 1.80 bits per heavy atom. The minimum Gasteiger partial charge on any atom is -0.480 e. The number of carboxylic acid groups (broad SMARTS) is 1. The van der Waals surface area contributed by atoms with Gasteiger partial charge in [-0.1, -0.05) is 38.1 Å². The molecule has 0 radical (unpaired) electrons. The summed E-state index contributed by atoms with van der Waals surface area (Å²) in [6, 6.07) is 8.95. The standard InChI is InChI=1S/C31H45N7O2/c1-4-26(5-2)37-15-10-31(11-16-37)18-27(30(39)40)38(23-31)20-25-8-6-24(7-9-25)19-36(21-28-32-12-13-33-28)22-29-34-14-17-35(29)3/h6-9,12-14,17,26-27H,4-5,10-11,15-16,18-23H2,1-3H3,(H,32,33)(H,39,40)/t27-/m1/s1. The van der Waals surface area contributed by atoms with Crippen LogP contribution in [0.5, 0.6) is 0 Å². The highest BCUT2D eigenvalue weighted by Crippen LogP contribution is 2.44. The number of aromatic nitrogens is 4. The molecule has 9 heteroatoms. The highest BCUT2D eigenvalue weighted by molar-refractivity contribution is 5.74. The van der Waals surface area contributed by atoms with Gasteiger partial charge >= 0.3 is 5.97 Å². The molecule has 3 aromatic rings. The smallest absolute Gasteiger partial charge is 0.320 e. The molecule has 2 fully saturated rings. The molecule has 216 valence electrons. The molecule has 2 aromatic heterocycles. The van der Waals surface area contributed by atoms with Crippen molar-refractivity contribution in [2.45, 2.75) is 84.2 Å². The van der Waals surface area contributed by atoms with Crippen molar-refractivity contribution in [2.24, 2.45) is 12.5 Å². The van der Waals surface area contributed by atoms with E-state index in [-0.39, 0.29) is 5.41 Å². The van der Waals surface area contributed by atoms with E-state index < -0.39 is 12.0 Å². The highest BCUT2D eigenvalue weighted by atomic mass is 16.4. The summed E-state index contributed by atoms with van der Waals surface area (Å²) >= 11 is 0. The number of aryl methyl sites for hydroxylation is 1. The number of imidazole rings is 2. The molecule has 2 saturated heterocycles. The predicted octanol–water partition coefficient (Wildman–Crippen LogP) is 4.28. The molecule has 4 heterocycles. The fourth-order valence-corrected chi connectivity index (χ4v) is 6.84. The van der Waals surface area contributed by atoms with Crippen molar-refractivity contribution < 1.29 is 9.90 Å². The summed E-state index contributed by atoms with van der Waals surface area (Å²) in [4.78, 5) is 31.6. The van der Waals surface area contributed by atoms with E-state index in [4.69, 9.17) is 0 Å². The largest absolute Gasteiger partial charge is 0.480 e. The van der Waals surface area contributed by atoms with Gasteiger partial charge in [0.1, 0.15) is 17.7 Å². The number of aromatic amines is 1. The van der Waals surface area contributed by atoms with Crippen molar-refractivity contribution in [3.8, 4) is 0 Å². The first-order chi connectivity index (χ1) is 19.4. The maximum Gasteiger partial charge on any atom is 0.320 e. The van der Waals surface area contributed by atoms with Crippen molar-refractivity contribution in [1.29, 1.82) is 0 Å². The third kappa shape index (κ3) is 6.65. The SMILES string of the molecule is CCC(CC)N1CCC2(CC1)C[C@H](C(=O)O)N(Cc1ccc(CN(Cc3ncc[nH]3)Cc3nccn3C)cc1)C2. The summed E-state index contributed by atoms with van der Waals surface area (Å²) in [5.74, 6) is 1.26. The molecule has 2 aliphatic rings. The Morgan fingerprint density at radius 1 is 1.07 bits per heavy atom. The molecule has 5 rings (SSSR count). The molecule has 0 aliphatic carbocycles. The van der Waals surface area contributed by atoms with Gasteiger partial charge in [0.2, 0.25) is 0 Å². The number of aliphatic carboxylic acids is 1. The predicted molar refractivity (Wildman–Crippen MR) is 155 cm³/mol. The van der Waals surface area contributed by atoms with Crippen LogP contribution in [-0.4, -0.2) is 77.0 Å². The van der Waals surface area contributed by atoms with Crippen molar-refractivity contribution in [3.05, 3.63) is 71.8 Å². The van der Waals surface area contributed by atoms with Crippen LogP contribution in [0.3, 0.4) is 0 Å². The minimum absolute atomic E-state index is 0.128. The molecule has 0 amide bonds. The normalized spacial score (nSPS) is 19.8. The second-order valence-corrected chi connectivity index (χ2v) is 11.9. The van der Waals surface area contributed by atoms with Gasteiger partial charge in [0.15, 0.2) is 0 Å². The zero-order valence-electron chi connectivity index (χ0n) is 24.3. The molecule has 9 nitrogen and oxygen atoms in total. The molecule has 0 unspecified atom stereocenters. The number of hydrogen-bond acceptors (Lipinski definition) is 6. The van der Waals surface area contributed by atoms with Crippen LogP contribution in [0.15, 0.2) is 49.1 Å². The Kier molecular flexibility index (Phi) is 9.03. The quantitative estimate of drug-likeness (QED) is 0.350.